The number of aromatic nitrogens is 4. The molecule has 0 saturated heterocycles. The van der Waals surface area contributed by atoms with Crippen LogP contribution in [0.3, 0.4) is 0 Å². The van der Waals surface area contributed by atoms with Gasteiger partial charge in [0.25, 0.3) is 0 Å². The molecule has 0 saturated carbocycles. The maximum atomic E-state index is 5.09. The molecule has 0 radical (unpaired) electrons. The minimum absolute atomic E-state index is 0.959. The van der Waals surface area contributed by atoms with Gasteiger partial charge in [-0.15, -0.1) is 0 Å². The van der Waals surface area contributed by atoms with Crippen LogP contribution in [0.1, 0.15) is 75.1 Å². The van der Waals surface area contributed by atoms with Gasteiger partial charge in [0.2, 0.25) is 0 Å². The van der Waals surface area contributed by atoms with Gasteiger partial charge in [0.1, 0.15) is 0 Å². The fourth-order valence-corrected chi connectivity index (χ4v) is 5.58. The number of aryl methyl sites for hydroxylation is 4. The molecule has 0 unspecified atom stereocenters. The molecule has 0 N–H and O–H groups in total. The van der Waals surface area contributed by atoms with E-state index >= 15 is 0 Å². The Morgan fingerprint density at radius 1 is 0.350 bits per heavy atom. The molecular formula is C36H38N4. The predicted molar refractivity (Wildman–Crippen MR) is 168 cm³/mol. The molecule has 0 atom stereocenters. The maximum absolute atomic E-state index is 5.09. The van der Waals surface area contributed by atoms with Crippen LogP contribution >= 0.6 is 0 Å². The molecule has 0 amide bonds. The molecule has 6 rings (SSSR count). The molecular weight excluding hydrogens is 488 g/mol. The van der Waals surface area contributed by atoms with E-state index in [1.807, 2.05) is 0 Å². The fourth-order valence-electron chi connectivity index (χ4n) is 5.58. The predicted octanol–water partition coefficient (Wildman–Crippen LogP) is 9.13. The molecule has 0 aliphatic carbocycles. The van der Waals surface area contributed by atoms with Crippen LogP contribution in [-0.2, 0) is 25.7 Å². The number of benzene rings is 2. The van der Waals surface area contributed by atoms with E-state index in [0.29, 0.717) is 0 Å². The number of fused-ring (bicyclic) bond motifs is 6. The number of pyridine rings is 4. The zero-order valence-electron chi connectivity index (χ0n) is 23.8. The monoisotopic (exact) mass is 526 g/mol. The van der Waals surface area contributed by atoms with E-state index in [2.05, 4.69) is 86.6 Å². The maximum Gasteiger partial charge on any atom is 0.0967 e. The summed E-state index contributed by atoms with van der Waals surface area (Å²) in [6, 6.07) is 26.1. The smallest absolute Gasteiger partial charge is 0.0967 e. The first-order valence-electron chi connectivity index (χ1n) is 15.1. The van der Waals surface area contributed by atoms with Gasteiger partial charge in [0.05, 0.1) is 22.1 Å². The molecule has 2 aromatic carbocycles. The van der Waals surface area contributed by atoms with Crippen LogP contribution in [0.15, 0.2) is 72.8 Å². The Balaban J connectivity index is 1.17. The van der Waals surface area contributed by atoms with Crippen LogP contribution < -0.4 is 0 Å². The van der Waals surface area contributed by atoms with Crippen molar-refractivity contribution in [2.45, 2.75) is 78.1 Å². The van der Waals surface area contributed by atoms with Crippen LogP contribution in [0.4, 0.5) is 0 Å². The minimum Gasteiger partial charge on any atom is -0.251 e. The third-order valence-electron chi connectivity index (χ3n) is 7.96. The summed E-state index contributed by atoms with van der Waals surface area (Å²) < 4.78 is 0. The molecule has 0 bridgehead atoms. The minimum atomic E-state index is 0.959. The lowest BCUT2D eigenvalue weighted by molar-refractivity contribution is 0.716. The van der Waals surface area contributed by atoms with E-state index in [0.717, 1.165) is 94.1 Å². The lowest BCUT2D eigenvalue weighted by Gasteiger charge is -2.09. The Kier molecular flexibility index (Phi) is 7.94. The molecule has 4 heterocycles. The van der Waals surface area contributed by atoms with Gasteiger partial charge in [0.15, 0.2) is 0 Å². The van der Waals surface area contributed by atoms with Crippen molar-refractivity contribution >= 4 is 43.6 Å². The molecule has 0 aliphatic heterocycles. The van der Waals surface area contributed by atoms with E-state index < -0.39 is 0 Å². The lowest BCUT2D eigenvalue weighted by atomic mass is 10.1. The summed E-state index contributed by atoms with van der Waals surface area (Å²) in [5, 5.41) is 4.66. The van der Waals surface area contributed by atoms with Crippen molar-refractivity contribution in [2.75, 3.05) is 0 Å². The standard InChI is InChI=1S/C36H38N4/c1-3-5-9-29-21-17-25-13-15-27-19-23-31(39-35(27)33(25)37-29)11-7-8-12-32-24-20-28-16-14-26-18-22-30(10-6-4-2)38-34(26)36(28)40-32/h13-24H,3-12H2,1-2H3. The number of hydrogen-bond donors (Lipinski definition) is 0. The molecule has 6 aromatic rings. The SMILES string of the molecule is CCCCc1ccc2ccc3ccc(CCCCc4ccc5ccc6ccc(CCCC)nc6c5n4)nc3c2n1. The van der Waals surface area contributed by atoms with Gasteiger partial charge < -0.3 is 0 Å². The Morgan fingerprint density at radius 2 is 0.600 bits per heavy atom. The lowest BCUT2D eigenvalue weighted by Crippen LogP contribution is -1.97. The first-order valence-corrected chi connectivity index (χ1v) is 15.1. The van der Waals surface area contributed by atoms with Crippen LogP contribution in [0.2, 0.25) is 0 Å². The summed E-state index contributed by atoms with van der Waals surface area (Å²) in [5.41, 5.74) is 8.74. The summed E-state index contributed by atoms with van der Waals surface area (Å²) in [7, 11) is 0. The van der Waals surface area contributed by atoms with E-state index in [-0.39, 0.29) is 0 Å². The molecule has 0 aliphatic rings. The van der Waals surface area contributed by atoms with E-state index in [1.54, 1.807) is 0 Å². The second-order valence-electron chi connectivity index (χ2n) is 11.0. The Morgan fingerprint density at radius 3 is 0.875 bits per heavy atom. The normalized spacial score (nSPS) is 11.8. The van der Waals surface area contributed by atoms with Gasteiger partial charge in [0, 0.05) is 44.3 Å². The number of unbranched alkanes of at least 4 members (excludes halogenated alkanes) is 3. The second kappa shape index (κ2) is 12.1. The highest BCUT2D eigenvalue weighted by atomic mass is 14.8. The topological polar surface area (TPSA) is 51.6 Å². The zero-order chi connectivity index (χ0) is 27.3. The fraction of sp³-hybridized carbons (Fsp3) is 0.333. The first-order chi connectivity index (χ1) is 19.7. The van der Waals surface area contributed by atoms with Gasteiger partial charge in [-0.25, -0.2) is 0 Å². The van der Waals surface area contributed by atoms with Gasteiger partial charge in [-0.3, -0.25) is 19.9 Å². The average Bonchev–Trinajstić information content (AvgIpc) is 3.00. The van der Waals surface area contributed by atoms with E-state index in [9.17, 15) is 0 Å². The molecule has 4 heteroatoms. The zero-order valence-corrected chi connectivity index (χ0v) is 23.8. The van der Waals surface area contributed by atoms with Gasteiger partial charge in [-0.1, -0.05) is 75.2 Å². The molecule has 202 valence electrons. The third kappa shape index (κ3) is 5.67. The van der Waals surface area contributed by atoms with Crippen molar-refractivity contribution in [1.29, 1.82) is 0 Å². The van der Waals surface area contributed by atoms with Crippen molar-refractivity contribution in [3.05, 3.63) is 95.6 Å². The largest absolute Gasteiger partial charge is 0.251 e. The Hall–Kier alpha value is -3.92. The van der Waals surface area contributed by atoms with Crippen molar-refractivity contribution < 1.29 is 0 Å². The Bertz CT molecular complexity index is 1660. The highest BCUT2D eigenvalue weighted by Gasteiger charge is 2.09. The molecule has 4 aromatic heterocycles. The summed E-state index contributed by atoms with van der Waals surface area (Å²) in [6.07, 6.45) is 10.8. The summed E-state index contributed by atoms with van der Waals surface area (Å²) in [6.45, 7) is 4.45. The van der Waals surface area contributed by atoms with E-state index in [1.165, 1.54) is 36.5 Å². The van der Waals surface area contributed by atoms with Gasteiger partial charge in [-0.2, -0.15) is 0 Å². The highest BCUT2D eigenvalue weighted by Crippen LogP contribution is 2.26. The van der Waals surface area contributed by atoms with Crippen LogP contribution in [0.25, 0.3) is 43.6 Å². The average molecular weight is 527 g/mol. The van der Waals surface area contributed by atoms with Crippen LogP contribution in [0, 0.1) is 0 Å². The second-order valence-corrected chi connectivity index (χ2v) is 11.0. The van der Waals surface area contributed by atoms with Crippen LogP contribution in [0.5, 0.6) is 0 Å². The van der Waals surface area contributed by atoms with Crippen molar-refractivity contribution in [2.24, 2.45) is 0 Å². The van der Waals surface area contributed by atoms with Crippen molar-refractivity contribution in [1.82, 2.24) is 19.9 Å². The summed E-state index contributed by atoms with van der Waals surface area (Å²) >= 11 is 0. The molecule has 0 fully saturated rings. The van der Waals surface area contributed by atoms with Gasteiger partial charge >= 0.3 is 0 Å². The molecule has 0 spiro atoms. The summed E-state index contributed by atoms with van der Waals surface area (Å²) in [4.78, 5) is 20.2. The number of rotatable bonds is 11. The van der Waals surface area contributed by atoms with E-state index in [4.69, 9.17) is 19.9 Å². The molecule has 4 nitrogen and oxygen atoms in total. The highest BCUT2D eigenvalue weighted by molar-refractivity contribution is 6.03. The quantitative estimate of drug-likeness (QED) is 0.125. The first kappa shape index (κ1) is 26.3. The Labute approximate surface area is 236 Å². The van der Waals surface area contributed by atoms with Crippen LogP contribution in [-0.4, -0.2) is 19.9 Å². The summed E-state index contributed by atoms with van der Waals surface area (Å²) in [5.74, 6) is 0. The van der Waals surface area contributed by atoms with Gasteiger partial charge in [-0.05, 0) is 75.6 Å². The van der Waals surface area contributed by atoms with Crippen molar-refractivity contribution in [3.63, 3.8) is 0 Å². The number of nitrogens with zero attached hydrogens (tertiary/aromatic N) is 4. The number of hydrogen-bond acceptors (Lipinski definition) is 4. The van der Waals surface area contributed by atoms with Crippen molar-refractivity contribution in [3.8, 4) is 0 Å². The third-order valence-corrected chi connectivity index (χ3v) is 7.96. The molecule has 40 heavy (non-hydrogen) atoms.